The molecule has 5 heterocycles. The number of benzene rings is 2. The minimum Gasteiger partial charge on any atom is -0.481 e. The van der Waals surface area contributed by atoms with Crippen molar-refractivity contribution in [3.63, 3.8) is 0 Å². The minimum atomic E-state index is -0.889. The molecule has 2 aliphatic heterocycles. The van der Waals surface area contributed by atoms with Crippen LogP contribution in [0.15, 0.2) is 98.1 Å². The molecule has 306 valence electrons. The fraction of sp³-hybridized carbons (Fsp3) is 0.220. The zero-order valence-electron chi connectivity index (χ0n) is 35.0. The molecule has 2 aliphatic rings. The summed E-state index contributed by atoms with van der Waals surface area (Å²) in [6, 6.07) is 27.7. The number of H-pyrrole nitrogens is 2. The zero-order valence-corrected chi connectivity index (χ0v) is 35.0. The number of nitrogens with zero attached hydrogens (tertiary/aromatic N) is 3. The first-order valence-corrected chi connectivity index (χ1v) is 19.9. The van der Waals surface area contributed by atoms with Gasteiger partial charge in [-0.25, -0.2) is 9.97 Å². The van der Waals surface area contributed by atoms with Gasteiger partial charge in [0.1, 0.15) is 0 Å². The molecule has 0 saturated carbocycles. The summed E-state index contributed by atoms with van der Waals surface area (Å²) in [6.45, 7) is 16.1. The molecule has 0 saturated heterocycles. The number of carbonyl (C=O) groups is 3. The molecule has 4 N–H and O–H groups in total. The number of aromatic nitrogens is 4. The molecule has 3 aromatic heterocycles. The van der Waals surface area contributed by atoms with Crippen molar-refractivity contribution in [2.45, 2.75) is 59.3 Å². The van der Waals surface area contributed by atoms with Crippen molar-refractivity contribution in [3.8, 4) is 0 Å². The molecule has 7 rings (SSSR count). The number of carboxylic acid groups (broad SMARTS) is 2. The highest BCUT2D eigenvalue weighted by molar-refractivity contribution is 5.97. The predicted molar refractivity (Wildman–Crippen MR) is 243 cm³/mol. The Hall–Kier alpha value is -7.07. The second-order valence-electron chi connectivity index (χ2n) is 15.2. The summed E-state index contributed by atoms with van der Waals surface area (Å²) < 4.78 is 0. The standard InChI is InChI=1S/C34H34N4O4.C16H17NO/c1-7-21-17(3)25-13-26-19(5)23(9-11-33(39)40)31(37-26)16-32-24(10-12-34(41)42)20(6)28(38-32)15-30-22(8-2)18(4)27(36-30)14-29(21)35-25;1-17(2)16(18)15(13-9-5-3-6-10-13)14-11-7-4-8-12-14/h7-8,13-16,35-36H,1-2,9-12H2,3-6H3,(H,39,40)(H,41,42);3-12,15H,1-2H3. The molecular formula is C50H51N5O5. The molecule has 0 spiro atoms. The molecular weight excluding hydrogens is 751 g/mol. The quantitative estimate of drug-likeness (QED) is 0.104. The fourth-order valence-corrected chi connectivity index (χ4v) is 7.79. The van der Waals surface area contributed by atoms with Crippen LogP contribution >= 0.6 is 0 Å². The van der Waals surface area contributed by atoms with E-state index >= 15 is 0 Å². The molecule has 0 fully saturated rings. The molecule has 10 heteroatoms. The Morgan fingerprint density at radius 1 is 0.617 bits per heavy atom. The first-order chi connectivity index (χ1) is 28.7. The van der Waals surface area contributed by atoms with E-state index in [0.717, 1.165) is 89.1 Å². The van der Waals surface area contributed by atoms with Crippen LogP contribution in [0.2, 0.25) is 0 Å². The van der Waals surface area contributed by atoms with Gasteiger partial charge in [0.25, 0.3) is 0 Å². The monoisotopic (exact) mass is 801 g/mol. The lowest BCUT2D eigenvalue weighted by atomic mass is 9.90. The van der Waals surface area contributed by atoms with Crippen molar-refractivity contribution in [1.82, 2.24) is 24.8 Å². The predicted octanol–water partition coefficient (Wildman–Crippen LogP) is 10.7. The number of hydrogen-bond acceptors (Lipinski definition) is 5. The van der Waals surface area contributed by atoms with E-state index < -0.39 is 11.9 Å². The number of carbonyl (C=O) groups excluding carboxylic acids is 1. The van der Waals surface area contributed by atoms with Crippen LogP contribution in [0.1, 0.15) is 102 Å². The molecule has 0 radical (unpaired) electrons. The normalized spacial score (nSPS) is 12.2. The molecule has 0 aliphatic carbocycles. The van der Waals surface area contributed by atoms with Crippen molar-refractivity contribution >= 4 is 74.4 Å². The number of allylic oxidation sites excluding steroid dienone is 4. The molecule has 8 bridgehead atoms. The third-order valence-electron chi connectivity index (χ3n) is 11.2. The van der Waals surface area contributed by atoms with E-state index in [-0.39, 0.29) is 24.7 Å². The van der Waals surface area contributed by atoms with E-state index in [1.54, 1.807) is 19.0 Å². The fourth-order valence-electron chi connectivity index (χ4n) is 7.79. The van der Waals surface area contributed by atoms with Crippen molar-refractivity contribution in [1.29, 1.82) is 0 Å². The van der Waals surface area contributed by atoms with Gasteiger partial charge in [-0.3, -0.25) is 14.4 Å². The van der Waals surface area contributed by atoms with Gasteiger partial charge in [0.05, 0.1) is 28.7 Å². The lowest BCUT2D eigenvalue weighted by molar-refractivity contribution is -0.137. The van der Waals surface area contributed by atoms with Crippen molar-refractivity contribution < 1.29 is 24.6 Å². The number of aromatic amines is 2. The number of aliphatic carboxylic acids is 2. The number of aryl methyl sites for hydroxylation is 2. The molecule has 60 heavy (non-hydrogen) atoms. The first kappa shape index (κ1) is 42.5. The number of carboxylic acids is 2. The van der Waals surface area contributed by atoms with Gasteiger partial charge in [0.2, 0.25) is 5.91 Å². The highest BCUT2D eigenvalue weighted by Crippen LogP contribution is 2.38. The van der Waals surface area contributed by atoms with Gasteiger partial charge < -0.3 is 25.1 Å². The Kier molecular flexibility index (Phi) is 12.9. The average Bonchev–Trinajstić information content (AvgIpc) is 3.89. The van der Waals surface area contributed by atoms with Crippen molar-refractivity contribution in [3.05, 3.63) is 154 Å². The highest BCUT2D eigenvalue weighted by atomic mass is 16.4. The van der Waals surface area contributed by atoms with Crippen LogP contribution in [0.5, 0.6) is 0 Å². The lowest BCUT2D eigenvalue weighted by Crippen LogP contribution is -2.28. The van der Waals surface area contributed by atoms with Gasteiger partial charge >= 0.3 is 11.9 Å². The highest BCUT2D eigenvalue weighted by Gasteiger charge is 2.25. The number of amides is 1. The van der Waals surface area contributed by atoms with Gasteiger partial charge in [0.15, 0.2) is 0 Å². The van der Waals surface area contributed by atoms with Gasteiger partial charge in [0, 0.05) is 60.1 Å². The lowest BCUT2D eigenvalue weighted by Gasteiger charge is -2.21. The van der Waals surface area contributed by atoms with Crippen LogP contribution in [0.3, 0.4) is 0 Å². The van der Waals surface area contributed by atoms with Crippen LogP contribution < -0.4 is 0 Å². The zero-order chi connectivity index (χ0) is 43.2. The smallest absolute Gasteiger partial charge is 0.303 e. The largest absolute Gasteiger partial charge is 0.481 e. The third-order valence-corrected chi connectivity index (χ3v) is 11.2. The van der Waals surface area contributed by atoms with Crippen LogP contribution in [0, 0.1) is 13.8 Å². The van der Waals surface area contributed by atoms with Crippen molar-refractivity contribution in [2.75, 3.05) is 14.1 Å². The first-order valence-electron chi connectivity index (χ1n) is 19.9. The summed E-state index contributed by atoms with van der Waals surface area (Å²) >= 11 is 0. The van der Waals surface area contributed by atoms with Crippen LogP contribution in [0.25, 0.3) is 56.5 Å². The third kappa shape index (κ3) is 8.98. The summed E-state index contributed by atoms with van der Waals surface area (Å²) in [5.74, 6) is -1.89. The molecule has 2 aromatic carbocycles. The summed E-state index contributed by atoms with van der Waals surface area (Å²) in [5.41, 5.74) is 15.8. The van der Waals surface area contributed by atoms with E-state index in [2.05, 4.69) is 29.2 Å². The number of fused-ring (bicyclic) bond motifs is 8. The Morgan fingerprint density at radius 2 is 1.02 bits per heavy atom. The summed E-state index contributed by atoms with van der Waals surface area (Å²) in [7, 11) is 3.59. The van der Waals surface area contributed by atoms with Crippen LogP contribution in [0.4, 0.5) is 0 Å². The SMILES string of the molecule is C=Cc1c(C)c2cc3[nH]c(cc4nc(cc5nc(cc1[nH]2)C(C)=C5CCC(=O)O)C(CCC(=O)O)=C4C)c(C)c3C=C.CN(C)C(=O)C(c1ccccc1)c1ccccc1. The second kappa shape index (κ2) is 18.2. The maximum Gasteiger partial charge on any atom is 0.303 e. The Labute approximate surface area is 350 Å². The van der Waals surface area contributed by atoms with Gasteiger partial charge in [-0.15, -0.1) is 0 Å². The molecule has 10 nitrogen and oxygen atoms in total. The minimum absolute atomic E-state index is 0.0367. The number of likely N-dealkylation sites (N-methyl/N-ethyl adjacent to an activating group) is 1. The van der Waals surface area contributed by atoms with Crippen molar-refractivity contribution in [2.24, 2.45) is 0 Å². The van der Waals surface area contributed by atoms with E-state index in [1.165, 1.54) is 0 Å². The maximum atomic E-state index is 12.4. The number of nitrogens with one attached hydrogen (secondary N) is 2. The van der Waals surface area contributed by atoms with Crippen LogP contribution in [-0.4, -0.2) is 67.0 Å². The molecule has 1 amide bonds. The number of hydrogen-bond donors (Lipinski definition) is 4. The Bertz CT molecular complexity index is 2700. The van der Waals surface area contributed by atoms with E-state index in [4.69, 9.17) is 9.97 Å². The average molecular weight is 802 g/mol. The molecule has 5 aromatic rings. The summed E-state index contributed by atoms with van der Waals surface area (Å²) in [4.78, 5) is 54.0. The van der Waals surface area contributed by atoms with E-state index in [1.807, 2.05) is 119 Å². The second-order valence-corrected chi connectivity index (χ2v) is 15.2. The van der Waals surface area contributed by atoms with Gasteiger partial charge in [-0.1, -0.05) is 86.0 Å². The van der Waals surface area contributed by atoms with Crippen LogP contribution in [-0.2, 0) is 14.4 Å². The maximum absolute atomic E-state index is 12.4. The summed E-state index contributed by atoms with van der Waals surface area (Å²) in [6.07, 6.45) is 4.20. The molecule has 0 unspecified atom stereocenters. The Balaban J connectivity index is 0.000000279. The number of rotatable bonds is 11. The Morgan fingerprint density at radius 3 is 1.42 bits per heavy atom. The summed E-state index contributed by atoms with van der Waals surface area (Å²) in [5, 5.41) is 18.9. The van der Waals surface area contributed by atoms with E-state index in [0.29, 0.717) is 24.2 Å². The van der Waals surface area contributed by atoms with Gasteiger partial charge in [-0.2, -0.15) is 0 Å². The topological polar surface area (TPSA) is 152 Å². The van der Waals surface area contributed by atoms with Gasteiger partial charge in [-0.05, 0) is 109 Å². The van der Waals surface area contributed by atoms with E-state index in [9.17, 15) is 24.6 Å². The molecule has 0 atom stereocenters.